The first-order valence-electron chi connectivity index (χ1n) is 5.34. The molecule has 0 saturated carbocycles. The van der Waals surface area contributed by atoms with E-state index in [0.717, 1.165) is 11.0 Å². The average molecular weight is 262 g/mol. The number of nitrogens with one attached hydrogen (secondary N) is 1. The highest BCUT2D eigenvalue weighted by molar-refractivity contribution is 6.33. The van der Waals surface area contributed by atoms with Crippen LogP contribution in [0.25, 0.3) is 22.4 Å². The van der Waals surface area contributed by atoms with Crippen molar-refractivity contribution >= 4 is 28.3 Å². The maximum Gasteiger partial charge on any atom is 0.140 e. The summed E-state index contributed by atoms with van der Waals surface area (Å²) < 4.78 is 13.0. The molecule has 0 spiro atoms. The molecule has 0 aliphatic heterocycles. The zero-order valence-electron chi connectivity index (χ0n) is 9.24. The number of H-pyrrole nitrogens is 1. The van der Waals surface area contributed by atoms with Crippen molar-refractivity contribution in [1.82, 2.24) is 9.97 Å². The molecule has 18 heavy (non-hydrogen) atoms. The molecule has 0 radical (unpaired) electrons. The summed E-state index contributed by atoms with van der Waals surface area (Å²) in [5, 5.41) is 0.321. The minimum Gasteiger partial charge on any atom is -0.399 e. The molecule has 0 unspecified atom stereocenters. The molecule has 0 saturated heterocycles. The number of aromatic nitrogens is 2. The van der Waals surface area contributed by atoms with Gasteiger partial charge in [0.1, 0.15) is 11.6 Å². The Morgan fingerprint density at radius 3 is 2.78 bits per heavy atom. The van der Waals surface area contributed by atoms with Crippen LogP contribution in [0.1, 0.15) is 0 Å². The van der Waals surface area contributed by atoms with E-state index < -0.39 is 0 Å². The maximum absolute atomic E-state index is 13.0. The normalized spacial score (nSPS) is 11.0. The van der Waals surface area contributed by atoms with Gasteiger partial charge in [-0.1, -0.05) is 11.6 Å². The number of imidazole rings is 1. The number of aromatic amines is 1. The summed E-state index contributed by atoms with van der Waals surface area (Å²) in [4.78, 5) is 7.51. The van der Waals surface area contributed by atoms with E-state index in [1.165, 1.54) is 12.1 Å². The summed E-state index contributed by atoms with van der Waals surface area (Å²) in [6.07, 6.45) is 0. The van der Waals surface area contributed by atoms with Gasteiger partial charge in [-0.05, 0) is 36.4 Å². The van der Waals surface area contributed by atoms with Gasteiger partial charge in [-0.15, -0.1) is 0 Å². The van der Waals surface area contributed by atoms with E-state index >= 15 is 0 Å². The quantitative estimate of drug-likeness (QED) is 0.658. The van der Waals surface area contributed by atoms with Gasteiger partial charge in [-0.2, -0.15) is 0 Å². The third kappa shape index (κ3) is 1.80. The van der Waals surface area contributed by atoms with E-state index in [2.05, 4.69) is 9.97 Å². The zero-order chi connectivity index (χ0) is 12.7. The van der Waals surface area contributed by atoms with Gasteiger partial charge in [0, 0.05) is 11.3 Å². The van der Waals surface area contributed by atoms with Crippen LogP contribution < -0.4 is 5.73 Å². The lowest BCUT2D eigenvalue weighted by Crippen LogP contribution is -1.83. The van der Waals surface area contributed by atoms with Gasteiger partial charge in [0.15, 0.2) is 0 Å². The average Bonchev–Trinajstić information content (AvgIpc) is 2.71. The third-order valence-corrected chi connectivity index (χ3v) is 3.00. The molecule has 0 amide bonds. The zero-order valence-corrected chi connectivity index (χ0v) is 10.0. The second-order valence-electron chi connectivity index (χ2n) is 3.99. The molecule has 1 heterocycles. The second kappa shape index (κ2) is 3.99. The molecule has 0 atom stereocenters. The lowest BCUT2D eigenvalue weighted by molar-refractivity contribution is 0.628. The molecule has 0 aliphatic carbocycles. The fourth-order valence-electron chi connectivity index (χ4n) is 1.84. The summed E-state index contributed by atoms with van der Waals surface area (Å²) in [6, 6.07) is 9.60. The molecular formula is C13H9ClFN3. The smallest absolute Gasteiger partial charge is 0.140 e. The molecule has 0 fully saturated rings. The Bertz CT molecular complexity index is 736. The maximum atomic E-state index is 13.0. The first-order chi connectivity index (χ1) is 8.63. The highest BCUT2D eigenvalue weighted by atomic mass is 35.5. The van der Waals surface area contributed by atoms with Gasteiger partial charge < -0.3 is 10.7 Å². The topological polar surface area (TPSA) is 54.7 Å². The summed E-state index contributed by atoms with van der Waals surface area (Å²) >= 11 is 6.00. The molecule has 3 rings (SSSR count). The van der Waals surface area contributed by atoms with Crippen LogP contribution in [0.3, 0.4) is 0 Å². The van der Waals surface area contributed by atoms with Crippen molar-refractivity contribution in [2.45, 2.75) is 0 Å². The van der Waals surface area contributed by atoms with Gasteiger partial charge in [0.25, 0.3) is 0 Å². The van der Waals surface area contributed by atoms with E-state index in [1.807, 2.05) is 6.07 Å². The molecule has 2 aromatic carbocycles. The van der Waals surface area contributed by atoms with Crippen molar-refractivity contribution in [3.05, 3.63) is 47.2 Å². The van der Waals surface area contributed by atoms with Crippen molar-refractivity contribution < 1.29 is 4.39 Å². The number of nitrogen functional groups attached to an aromatic ring is 1. The van der Waals surface area contributed by atoms with E-state index in [4.69, 9.17) is 17.3 Å². The van der Waals surface area contributed by atoms with Gasteiger partial charge in [-0.3, -0.25) is 0 Å². The standard InChI is InChI=1S/C13H9ClFN3/c14-10-5-7(15)1-3-9(10)13-17-11-4-2-8(16)6-12(11)18-13/h1-6H,16H2,(H,17,18). The van der Waals surface area contributed by atoms with Crippen molar-refractivity contribution in [2.24, 2.45) is 0 Å². The van der Waals surface area contributed by atoms with Crippen molar-refractivity contribution in [1.29, 1.82) is 0 Å². The Kier molecular flexibility index (Phi) is 2.45. The summed E-state index contributed by atoms with van der Waals surface area (Å²) in [7, 11) is 0. The predicted octanol–water partition coefficient (Wildman–Crippen LogP) is 3.60. The Hall–Kier alpha value is -2.07. The molecule has 3 N–H and O–H groups in total. The minimum absolute atomic E-state index is 0.321. The largest absolute Gasteiger partial charge is 0.399 e. The SMILES string of the molecule is Nc1ccc2nc(-c3ccc(F)cc3Cl)[nH]c2c1. The molecule has 5 heteroatoms. The van der Waals surface area contributed by atoms with Crippen LogP contribution in [0.5, 0.6) is 0 Å². The second-order valence-corrected chi connectivity index (χ2v) is 4.39. The molecule has 90 valence electrons. The molecule has 0 bridgehead atoms. The van der Waals surface area contributed by atoms with Gasteiger partial charge in [0.2, 0.25) is 0 Å². The van der Waals surface area contributed by atoms with Crippen LogP contribution >= 0.6 is 11.6 Å². The Labute approximate surface area is 107 Å². The molecule has 3 aromatic rings. The predicted molar refractivity (Wildman–Crippen MR) is 70.9 cm³/mol. The van der Waals surface area contributed by atoms with Gasteiger partial charge in [0.05, 0.1) is 16.1 Å². The number of rotatable bonds is 1. The molecule has 1 aromatic heterocycles. The van der Waals surface area contributed by atoms with Crippen LogP contribution in [-0.4, -0.2) is 9.97 Å². The van der Waals surface area contributed by atoms with Crippen LogP contribution in [0.15, 0.2) is 36.4 Å². The number of fused-ring (bicyclic) bond motifs is 1. The monoisotopic (exact) mass is 261 g/mol. The van der Waals surface area contributed by atoms with Gasteiger partial charge >= 0.3 is 0 Å². The van der Waals surface area contributed by atoms with Crippen LogP contribution in [0.4, 0.5) is 10.1 Å². The van der Waals surface area contributed by atoms with Crippen molar-refractivity contribution in [3.63, 3.8) is 0 Å². The first kappa shape index (κ1) is 11.0. The van der Waals surface area contributed by atoms with Crippen molar-refractivity contribution in [3.8, 4) is 11.4 Å². The summed E-state index contributed by atoms with van der Waals surface area (Å²) in [6.45, 7) is 0. The van der Waals surface area contributed by atoms with Crippen LogP contribution in [0, 0.1) is 5.82 Å². The number of anilines is 1. The molecule has 3 nitrogen and oxygen atoms in total. The number of hydrogen-bond acceptors (Lipinski definition) is 2. The highest BCUT2D eigenvalue weighted by Crippen LogP contribution is 2.28. The Morgan fingerprint density at radius 1 is 1.17 bits per heavy atom. The van der Waals surface area contributed by atoms with Gasteiger partial charge in [-0.25, -0.2) is 9.37 Å². The lowest BCUT2D eigenvalue weighted by Gasteiger charge is -1.99. The fourth-order valence-corrected chi connectivity index (χ4v) is 2.09. The minimum atomic E-state index is -0.371. The summed E-state index contributed by atoms with van der Waals surface area (Å²) in [5.41, 5.74) is 8.63. The number of nitrogens with two attached hydrogens (primary N) is 1. The van der Waals surface area contributed by atoms with E-state index in [0.29, 0.717) is 22.1 Å². The number of hydrogen-bond donors (Lipinski definition) is 2. The van der Waals surface area contributed by atoms with Crippen molar-refractivity contribution in [2.75, 3.05) is 5.73 Å². The lowest BCUT2D eigenvalue weighted by atomic mass is 10.2. The highest BCUT2D eigenvalue weighted by Gasteiger charge is 2.09. The van der Waals surface area contributed by atoms with Crippen LogP contribution in [-0.2, 0) is 0 Å². The molecular weight excluding hydrogens is 253 g/mol. The first-order valence-corrected chi connectivity index (χ1v) is 5.72. The summed E-state index contributed by atoms with van der Waals surface area (Å²) in [5.74, 6) is 0.227. The molecule has 0 aliphatic rings. The fraction of sp³-hybridized carbons (Fsp3) is 0. The number of nitrogens with zero attached hydrogens (tertiary/aromatic N) is 1. The number of benzene rings is 2. The van der Waals surface area contributed by atoms with E-state index in [-0.39, 0.29) is 5.82 Å². The number of halogens is 2. The van der Waals surface area contributed by atoms with Crippen LogP contribution in [0.2, 0.25) is 5.02 Å². The Balaban J connectivity index is 2.19. The van der Waals surface area contributed by atoms with E-state index in [9.17, 15) is 4.39 Å². The third-order valence-electron chi connectivity index (χ3n) is 2.69. The van der Waals surface area contributed by atoms with E-state index in [1.54, 1.807) is 18.2 Å². The Morgan fingerprint density at radius 2 is 2.00 bits per heavy atom.